The minimum Gasteiger partial charge on any atom is -0.497 e. The van der Waals surface area contributed by atoms with Gasteiger partial charge in [0.2, 0.25) is 6.61 Å². The average Bonchev–Trinajstić information content (AvgIpc) is 2.59. The molecule has 2 aromatic rings. The van der Waals surface area contributed by atoms with E-state index < -0.39 is 5.97 Å². The molecule has 0 aliphatic rings. The van der Waals surface area contributed by atoms with E-state index in [0.717, 1.165) is 16.9 Å². The summed E-state index contributed by atoms with van der Waals surface area (Å²) >= 11 is 5.66. The number of oxime groups is 1. The molecule has 1 heterocycles. The number of rotatable bonds is 7. The van der Waals surface area contributed by atoms with Crippen LogP contribution in [-0.4, -0.2) is 30.9 Å². The van der Waals surface area contributed by atoms with E-state index in [9.17, 15) is 4.79 Å². The van der Waals surface area contributed by atoms with Crippen molar-refractivity contribution in [2.24, 2.45) is 5.16 Å². The Bertz CT molecular complexity index is 657. The number of benzene rings is 1. The second-order valence-corrected chi connectivity index (χ2v) is 4.82. The minimum atomic E-state index is -0.521. The number of nitrogens with zero attached hydrogens (tertiary/aromatic N) is 2. The number of hydrogen-bond acceptors (Lipinski definition) is 6. The van der Waals surface area contributed by atoms with Crippen molar-refractivity contribution in [2.75, 3.05) is 13.7 Å². The molecule has 0 aliphatic carbocycles. The van der Waals surface area contributed by atoms with Crippen LogP contribution in [0.4, 0.5) is 0 Å². The second kappa shape index (κ2) is 8.75. The third-order valence-electron chi connectivity index (χ3n) is 2.76. The molecule has 1 aromatic heterocycles. The third kappa shape index (κ3) is 5.96. The van der Waals surface area contributed by atoms with E-state index in [1.165, 1.54) is 12.4 Å². The number of hydrogen-bond donors (Lipinski definition) is 0. The number of methoxy groups -OCH3 is 1. The van der Waals surface area contributed by atoms with Gasteiger partial charge in [-0.15, -0.1) is 0 Å². The van der Waals surface area contributed by atoms with Gasteiger partial charge < -0.3 is 14.3 Å². The van der Waals surface area contributed by atoms with Crippen molar-refractivity contribution in [2.45, 2.75) is 6.61 Å². The summed E-state index contributed by atoms with van der Waals surface area (Å²) in [4.78, 5) is 20.3. The van der Waals surface area contributed by atoms with Gasteiger partial charge in [0.05, 0.1) is 13.3 Å². The number of pyridine rings is 1. The zero-order valence-electron chi connectivity index (χ0n) is 12.4. The van der Waals surface area contributed by atoms with Crippen molar-refractivity contribution in [3.63, 3.8) is 0 Å². The van der Waals surface area contributed by atoms with E-state index in [-0.39, 0.29) is 13.2 Å². The van der Waals surface area contributed by atoms with Crippen molar-refractivity contribution in [1.29, 1.82) is 0 Å². The predicted octanol–water partition coefficient (Wildman–Crippen LogP) is 2.84. The Balaban J connectivity index is 1.69. The summed E-state index contributed by atoms with van der Waals surface area (Å²) < 4.78 is 10.1. The zero-order valence-corrected chi connectivity index (χ0v) is 13.2. The van der Waals surface area contributed by atoms with Gasteiger partial charge in [0.1, 0.15) is 17.5 Å². The first-order valence-corrected chi connectivity index (χ1v) is 7.10. The maximum Gasteiger partial charge on any atom is 0.347 e. The van der Waals surface area contributed by atoms with Crippen LogP contribution in [0.25, 0.3) is 0 Å². The average molecular weight is 335 g/mol. The molecule has 23 heavy (non-hydrogen) atoms. The van der Waals surface area contributed by atoms with Crippen LogP contribution in [0.1, 0.15) is 11.1 Å². The van der Waals surface area contributed by atoms with Crippen molar-refractivity contribution < 1.29 is 19.1 Å². The molecule has 0 radical (unpaired) electrons. The highest BCUT2D eigenvalue weighted by Gasteiger charge is 2.04. The number of ether oxygens (including phenoxy) is 2. The Hall–Kier alpha value is -2.60. The Morgan fingerprint density at radius 3 is 2.70 bits per heavy atom. The molecule has 0 saturated heterocycles. The first kappa shape index (κ1) is 16.8. The van der Waals surface area contributed by atoms with E-state index >= 15 is 0 Å². The summed E-state index contributed by atoms with van der Waals surface area (Å²) in [6.07, 6.45) is 3.04. The fourth-order valence-corrected chi connectivity index (χ4v) is 1.69. The quantitative estimate of drug-likeness (QED) is 0.337. The molecule has 1 aromatic carbocycles. The summed E-state index contributed by atoms with van der Waals surface area (Å²) in [5.74, 6) is 0.232. The molecule has 0 N–H and O–H groups in total. The third-order valence-corrected chi connectivity index (χ3v) is 2.99. The van der Waals surface area contributed by atoms with Gasteiger partial charge in [-0.05, 0) is 35.9 Å². The van der Waals surface area contributed by atoms with Gasteiger partial charge >= 0.3 is 5.97 Å². The van der Waals surface area contributed by atoms with Gasteiger partial charge in [-0.3, -0.25) is 0 Å². The molecule has 0 unspecified atom stereocenters. The van der Waals surface area contributed by atoms with Crippen LogP contribution in [0, 0.1) is 0 Å². The van der Waals surface area contributed by atoms with Gasteiger partial charge in [0.25, 0.3) is 0 Å². The molecule has 6 nitrogen and oxygen atoms in total. The Morgan fingerprint density at radius 1 is 1.26 bits per heavy atom. The normalized spacial score (nSPS) is 10.5. The lowest BCUT2D eigenvalue weighted by molar-refractivity contribution is -0.150. The van der Waals surface area contributed by atoms with Crippen LogP contribution < -0.4 is 4.74 Å². The lowest BCUT2D eigenvalue weighted by atomic mass is 10.2. The van der Waals surface area contributed by atoms with Crippen molar-refractivity contribution >= 4 is 23.8 Å². The second-order valence-electron chi connectivity index (χ2n) is 4.43. The highest BCUT2D eigenvalue weighted by Crippen LogP contribution is 2.10. The SMILES string of the molecule is COc1ccc(/C=N\OCC(=O)OCc2ccc(Cl)nc2)cc1. The lowest BCUT2D eigenvalue weighted by Crippen LogP contribution is -2.10. The first-order valence-electron chi connectivity index (χ1n) is 6.73. The number of carbonyl (C=O) groups is 1. The van der Waals surface area contributed by atoms with Crippen molar-refractivity contribution in [3.05, 3.63) is 58.9 Å². The topological polar surface area (TPSA) is 70.0 Å². The molecule has 0 spiro atoms. The number of aromatic nitrogens is 1. The fourth-order valence-electron chi connectivity index (χ4n) is 1.58. The first-order chi connectivity index (χ1) is 11.2. The van der Waals surface area contributed by atoms with E-state index in [0.29, 0.717) is 5.15 Å². The van der Waals surface area contributed by atoms with Gasteiger partial charge in [-0.25, -0.2) is 9.78 Å². The molecule has 2 rings (SSSR count). The number of halogens is 1. The molecule has 0 amide bonds. The van der Waals surface area contributed by atoms with Crippen molar-refractivity contribution in [3.8, 4) is 5.75 Å². The van der Waals surface area contributed by atoms with Crippen LogP contribution in [0.2, 0.25) is 5.15 Å². The smallest absolute Gasteiger partial charge is 0.347 e. The van der Waals surface area contributed by atoms with Crippen LogP contribution in [0.5, 0.6) is 5.75 Å². The van der Waals surface area contributed by atoms with Gasteiger partial charge in [-0.1, -0.05) is 22.8 Å². The molecule has 0 aliphatic heterocycles. The lowest BCUT2D eigenvalue weighted by Gasteiger charge is -2.03. The summed E-state index contributed by atoms with van der Waals surface area (Å²) in [6.45, 7) is -0.164. The van der Waals surface area contributed by atoms with E-state index in [1.807, 2.05) is 12.1 Å². The summed E-state index contributed by atoms with van der Waals surface area (Å²) in [7, 11) is 1.60. The van der Waals surface area contributed by atoms with Gasteiger partial charge in [-0.2, -0.15) is 0 Å². The Morgan fingerprint density at radius 2 is 2.04 bits per heavy atom. The maximum atomic E-state index is 11.5. The zero-order chi connectivity index (χ0) is 16.5. The maximum absolute atomic E-state index is 11.5. The van der Waals surface area contributed by atoms with E-state index in [4.69, 9.17) is 25.9 Å². The fraction of sp³-hybridized carbons (Fsp3) is 0.188. The summed E-state index contributed by atoms with van der Waals surface area (Å²) in [6, 6.07) is 10.6. The summed E-state index contributed by atoms with van der Waals surface area (Å²) in [5, 5.41) is 4.09. The molecule has 0 saturated carbocycles. The minimum absolute atomic E-state index is 0.106. The molecule has 0 bridgehead atoms. The Labute approximate surface area is 138 Å². The molecular weight excluding hydrogens is 320 g/mol. The highest BCUT2D eigenvalue weighted by molar-refractivity contribution is 6.29. The summed E-state index contributed by atoms with van der Waals surface area (Å²) in [5.41, 5.74) is 1.57. The van der Waals surface area contributed by atoms with Crippen molar-refractivity contribution in [1.82, 2.24) is 4.98 Å². The van der Waals surface area contributed by atoms with E-state index in [2.05, 4.69) is 10.1 Å². The molecule has 7 heteroatoms. The highest BCUT2D eigenvalue weighted by atomic mass is 35.5. The van der Waals surface area contributed by atoms with Gasteiger partial charge in [0.15, 0.2) is 0 Å². The largest absolute Gasteiger partial charge is 0.497 e. The predicted molar refractivity (Wildman–Crippen MR) is 85.6 cm³/mol. The van der Waals surface area contributed by atoms with Crippen LogP contribution >= 0.6 is 11.6 Å². The number of esters is 1. The molecule has 0 atom stereocenters. The molecule has 120 valence electrons. The molecule has 0 fully saturated rings. The standard InChI is InChI=1S/C16H15ClN2O4/c1-21-14-5-2-12(3-6-14)9-19-23-11-16(20)22-10-13-4-7-15(17)18-8-13/h2-9H,10-11H2,1H3/b19-9-. The van der Waals surface area contributed by atoms with E-state index in [1.54, 1.807) is 31.4 Å². The van der Waals surface area contributed by atoms with Crippen LogP contribution in [0.15, 0.2) is 47.8 Å². The van der Waals surface area contributed by atoms with Crippen LogP contribution in [0.3, 0.4) is 0 Å². The molecular formula is C16H15ClN2O4. The van der Waals surface area contributed by atoms with Crippen LogP contribution in [-0.2, 0) is 21.0 Å². The number of carbonyl (C=O) groups excluding carboxylic acids is 1. The Kier molecular flexibility index (Phi) is 6.38. The monoisotopic (exact) mass is 334 g/mol. The van der Waals surface area contributed by atoms with Gasteiger partial charge in [0, 0.05) is 11.8 Å².